The van der Waals surface area contributed by atoms with Gasteiger partial charge in [0, 0.05) is 6.54 Å². The van der Waals surface area contributed by atoms with Crippen LogP contribution in [0, 0.1) is 0 Å². The fraction of sp³-hybridized carbons (Fsp3) is 0.429. The molecule has 0 aromatic heterocycles. The number of alkyl halides is 1. The Balaban J connectivity index is 2.77. The molecule has 21 heavy (non-hydrogen) atoms. The Bertz CT molecular complexity index is 477. The molecule has 1 N–H and O–H groups in total. The molecule has 0 saturated heterocycles. The van der Waals surface area contributed by atoms with Gasteiger partial charge in [0.25, 0.3) is 0 Å². The molecule has 0 aliphatic rings. The number of aliphatic hydroxyl groups is 1. The highest BCUT2D eigenvalue weighted by Crippen LogP contribution is 2.13. The smallest absolute Gasteiger partial charge is 0.336 e. The minimum atomic E-state index is -1.40. The Kier molecular flexibility index (Phi) is 6.98. The van der Waals surface area contributed by atoms with Gasteiger partial charge in [-0.15, -0.1) is 11.6 Å². The Hall–Kier alpha value is -1.79. The largest absolute Gasteiger partial charge is 0.497 e. The van der Waals surface area contributed by atoms with Crippen molar-refractivity contribution in [2.45, 2.75) is 12.6 Å². The third kappa shape index (κ3) is 5.24. The molecule has 6 nitrogen and oxygen atoms in total. The van der Waals surface area contributed by atoms with Gasteiger partial charge in [0.1, 0.15) is 11.6 Å². The number of hydrogen-bond acceptors (Lipinski definition) is 5. The molecule has 0 aliphatic carbocycles. The minimum absolute atomic E-state index is 0.176. The van der Waals surface area contributed by atoms with Gasteiger partial charge in [0.05, 0.1) is 20.8 Å². The first-order chi connectivity index (χ1) is 10.0. The van der Waals surface area contributed by atoms with Crippen LogP contribution in [0.25, 0.3) is 0 Å². The molecule has 0 radical (unpaired) electrons. The van der Waals surface area contributed by atoms with Crippen molar-refractivity contribution in [1.82, 2.24) is 4.90 Å². The molecule has 1 amide bonds. The summed E-state index contributed by atoms with van der Waals surface area (Å²) in [5.74, 6) is -0.708. The van der Waals surface area contributed by atoms with Crippen LogP contribution in [0.1, 0.15) is 5.56 Å². The number of methoxy groups -OCH3 is 2. The number of carbonyl (C=O) groups excluding carboxylic acids is 2. The number of carbonyl (C=O) groups is 2. The van der Waals surface area contributed by atoms with Crippen LogP contribution in [0.2, 0.25) is 0 Å². The summed E-state index contributed by atoms with van der Waals surface area (Å²) in [5.41, 5.74) is 0.825. The van der Waals surface area contributed by atoms with Crippen LogP contribution in [-0.2, 0) is 20.9 Å². The summed E-state index contributed by atoms with van der Waals surface area (Å²) >= 11 is 5.55. The number of esters is 1. The molecule has 1 aromatic rings. The number of rotatable bonds is 7. The zero-order valence-electron chi connectivity index (χ0n) is 11.9. The van der Waals surface area contributed by atoms with E-state index in [2.05, 4.69) is 4.74 Å². The Morgan fingerprint density at radius 1 is 1.29 bits per heavy atom. The van der Waals surface area contributed by atoms with E-state index in [0.29, 0.717) is 5.75 Å². The number of ether oxygens (including phenoxy) is 2. The molecule has 0 aliphatic heterocycles. The molecule has 0 fully saturated rings. The maximum Gasteiger partial charge on any atom is 0.336 e. The number of hydrogen-bond donors (Lipinski definition) is 1. The van der Waals surface area contributed by atoms with Crippen molar-refractivity contribution in [2.75, 3.05) is 26.6 Å². The van der Waals surface area contributed by atoms with Crippen molar-refractivity contribution in [3.05, 3.63) is 29.8 Å². The lowest BCUT2D eigenvalue weighted by Gasteiger charge is -2.24. The summed E-state index contributed by atoms with van der Waals surface area (Å²) < 4.78 is 9.48. The molecule has 1 atom stereocenters. The fourth-order valence-corrected chi connectivity index (χ4v) is 1.88. The van der Waals surface area contributed by atoms with Crippen molar-refractivity contribution < 1.29 is 24.2 Å². The van der Waals surface area contributed by atoms with E-state index in [1.165, 1.54) is 12.0 Å². The highest BCUT2D eigenvalue weighted by molar-refractivity contribution is 6.27. The van der Waals surface area contributed by atoms with E-state index in [-0.39, 0.29) is 24.9 Å². The van der Waals surface area contributed by atoms with Gasteiger partial charge in [-0.05, 0) is 17.7 Å². The van der Waals surface area contributed by atoms with E-state index < -0.39 is 12.1 Å². The van der Waals surface area contributed by atoms with Crippen molar-refractivity contribution in [2.24, 2.45) is 0 Å². The van der Waals surface area contributed by atoms with Gasteiger partial charge in [0.2, 0.25) is 5.91 Å². The van der Waals surface area contributed by atoms with Crippen LogP contribution in [0.15, 0.2) is 24.3 Å². The van der Waals surface area contributed by atoms with Gasteiger partial charge in [-0.3, -0.25) is 4.79 Å². The maximum atomic E-state index is 11.8. The van der Waals surface area contributed by atoms with Gasteiger partial charge < -0.3 is 19.5 Å². The zero-order chi connectivity index (χ0) is 15.8. The Labute approximate surface area is 128 Å². The SMILES string of the molecule is COC(=O)C(O)CN(Cc1ccc(OC)cc1)C(=O)CCl. The third-order valence-corrected chi connectivity index (χ3v) is 3.09. The van der Waals surface area contributed by atoms with Gasteiger partial charge in [-0.25, -0.2) is 4.79 Å². The van der Waals surface area contributed by atoms with E-state index >= 15 is 0 Å². The molecule has 0 heterocycles. The van der Waals surface area contributed by atoms with Gasteiger partial charge >= 0.3 is 5.97 Å². The Morgan fingerprint density at radius 2 is 1.90 bits per heavy atom. The predicted octanol–water partition coefficient (Wildman–Crippen LogP) is 0.796. The van der Waals surface area contributed by atoms with E-state index in [0.717, 1.165) is 5.56 Å². The number of aliphatic hydroxyl groups excluding tert-OH is 1. The molecule has 0 spiro atoms. The maximum absolute atomic E-state index is 11.8. The van der Waals surface area contributed by atoms with E-state index in [9.17, 15) is 14.7 Å². The molecule has 0 bridgehead atoms. The fourth-order valence-electron chi connectivity index (χ4n) is 1.71. The van der Waals surface area contributed by atoms with Crippen molar-refractivity contribution in [3.63, 3.8) is 0 Å². The van der Waals surface area contributed by atoms with Crippen LogP contribution >= 0.6 is 11.6 Å². The van der Waals surface area contributed by atoms with Crippen LogP contribution in [0.3, 0.4) is 0 Å². The lowest BCUT2D eigenvalue weighted by atomic mass is 10.2. The number of nitrogens with zero attached hydrogens (tertiary/aromatic N) is 1. The second-order valence-electron chi connectivity index (χ2n) is 4.29. The summed E-state index contributed by atoms with van der Waals surface area (Å²) in [7, 11) is 2.73. The average Bonchev–Trinajstić information content (AvgIpc) is 2.53. The first-order valence-corrected chi connectivity index (χ1v) is 6.77. The molecule has 116 valence electrons. The second-order valence-corrected chi connectivity index (χ2v) is 4.56. The molecule has 1 aromatic carbocycles. The highest BCUT2D eigenvalue weighted by Gasteiger charge is 2.22. The molecular formula is C14H18ClNO5. The average molecular weight is 316 g/mol. The van der Waals surface area contributed by atoms with E-state index in [1.54, 1.807) is 31.4 Å². The summed E-state index contributed by atoms with van der Waals surface area (Å²) in [6, 6.07) is 7.10. The highest BCUT2D eigenvalue weighted by atomic mass is 35.5. The molecule has 0 saturated carbocycles. The predicted molar refractivity (Wildman–Crippen MR) is 77.2 cm³/mol. The van der Waals surface area contributed by atoms with Crippen LogP contribution in [0.4, 0.5) is 0 Å². The molecule has 7 heteroatoms. The molecular weight excluding hydrogens is 298 g/mol. The third-order valence-electron chi connectivity index (χ3n) is 2.87. The van der Waals surface area contributed by atoms with Gasteiger partial charge in [-0.2, -0.15) is 0 Å². The summed E-state index contributed by atoms with van der Waals surface area (Å²) in [6.07, 6.45) is -1.40. The lowest BCUT2D eigenvalue weighted by Crippen LogP contribution is -2.41. The number of benzene rings is 1. The van der Waals surface area contributed by atoms with E-state index in [4.69, 9.17) is 16.3 Å². The van der Waals surface area contributed by atoms with Crippen molar-refractivity contribution >= 4 is 23.5 Å². The summed E-state index contributed by atoms with van der Waals surface area (Å²) in [4.78, 5) is 24.3. The standard InChI is InChI=1S/C14H18ClNO5/c1-20-11-5-3-10(4-6-11)8-16(13(18)7-15)9-12(17)14(19)21-2/h3-6,12,17H,7-9H2,1-2H3. The number of amides is 1. The molecule has 1 rings (SSSR count). The van der Waals surface area contributed by atoms with Crippen LogP contribution in [0.5, 0.6) is 5.75 Å². The lowest BCUT2D eigenvalue weighted by molar-refractivity contribution is -0.152. The van der Waals surface area contributed by atoms with Gasteiger partial charge in [-0.1, -0.05) is 12.1 Å². The first kappa shape index (κ1) is 17.3. The molecule has 1 unspecified atom stereocenters. The first-order valence-electron chi connectivity index (χ1n) is 6.24. The van der Waals surface area contributed by atoms with Crippen LogP contribution in [-0.4, -0.2) is 54.6 Å². The van der Waals surface area contributed by atoms with Crippen LogP contribution < -0.4 is 4.74 Å². The second kappa shape index (κ2) is 8.49. The van der Waals surface area contributed by atoms with Crippen molar-refractivity contribution in [3.8, 4) is 5.75 Å². The topological polar surface area (TPSA) is 76.1 Å². The minimum Gasteiger partial charge on any atom is -0.497 e. The Morgan fingerprint density at radius 3 is 2.38 bits per heavy atom. The normalized spacial score (nSPS) is 11.6. The zero-order valence-corrected chi connectivity index (χ0v) is 12.7. The monoisotopic (exact) mass is 315 g/mol. The summed E-state index contributed by atoms with van der Waals surface area (Å²) in [5, 5.41) is 9.66. The summed E-state index contributed by atoms with van der Waals surface area (Å²) in [6.45, 7) is 0.0495. The number of halogens is 1. The van der Waals surface area contributed by atoms with E-state index in [1.807, 2.05) is 0 Å². The van der Waals surface area contributed by atoms with Gasteiger partial charge in [0.15, 0.2) is 6.10 Å². The van der Waals surface area contributed by atoms with Crippen molar-refractivity contribution in [1.29, 1.82) is 0 Å². The quantitative estimate of drug-likeness (QED) is 0.595.